The molecule has 1 aliphatic rings. The number of methoxy groups -OCH3 is 1. The molecular weight excluding hydrogens is 318 g/mol. The molecule has 1 aliphatic carbocycles. The Morgan fingerprint density at radius 1 is 0.962 bits per heavy atom. The van der Waals surface area contributed by atoms with Crippen LogP contribution in [0.1, 0.15) is 56.2 Å². The van der Waals surface area contributed by atoms with Gasteiger partial charge in [0.15, 0.2) is 0 Å². The molecule has 26 heavy (non-hydrogen) atoms. The van der Waals surface area contributed by atoms with Crippen LogP contribution in [-0.4, -0.2) is 13.2 Å². The lowest BCUT2D eigenvalue weighted by Crippen LogP contribution is -2.37. The van der Waals surface area contributed by atoms with Crippen molar-refractivity contribution in [3.63, 3.8) is 0 Å². The molecule has 2 heteroatoms. The fraction of sp³-hybridized carbons (Fsp3) is 0.417. The van der Waals surface area contributed by atoms with E-state index in [-0.39, 0.29) is 6.04 Å². The molecule has 2 aromatic carbocycles. The van der Waals surface area contributed by atoms with Crippen LogP contribution in [0.2, 0.25) is 0 Å². The number of benzene rings is 2. The fourth-order valence-corrected chi connectivity index (χ4v) is 3.71. The fourth-order valence-electron chi connectivity index (χ4n) is 3.71. The maximum absolute atomic E-state index is 5.23. The molecule has 0 aliphatic heterocycles. The minimum Gasteiger partial charge on any atom is -0.497 e. The van der Waals surface area contributed by atoms with Gasteiger partial charge in [-0.05, 0) is 55.5 Å². The summed E-state index contributed by atoms with van der Waals surface area (Å²) in [5.74, 6) is 8.43. The van der Waals surface area contributed by atoms with Gasteiger partial charge in [0, 0.05) is 11.6 Å². The van der Waals surface area contributed by atoms with E-state index in [1.807, 2.05) is 24.3 Å². The molecule has 0 aromatic heterocycles. The summed E-state index contributed by atoms with van der Waals surface area (Å²) in [6.45, 7) is 2.24. The first-order valence-corrected chi connectivity index (χ1v) is 9.73. The summed E-state index contributed by atoms with van der Waals surface area (Å²) >= 11 is 0. The van der Waals surface area contributed by atoms with E-state index in [1.165, 1.54) is 37.7 Å². The Kier molecular flexibility index (Phi) is 6.75. The van der Waals surface area contributed by atoms with Gasteiger partial charge in [-0.15, -0.1) is 0 Å². The van der Waals surface area contributed by atoms with Gasteiger partial charge in [-0.3, -0.25) is 5.32 Å². The molecule has 0 radical (unpaired) electrons. The first-order valence-electron chi connectivity index (χ1n) is 9.73. The van der Waals surface area contributed by atoms with Gasteiger partial charge in [-0.25, -0.2) is 0 Å². The van der Waals surface area contributed by atoms with Crippen molar-refractivity contribution < 1.29 is 4.74 Å². The maximum Gasteiger partial charge on any atom is 0.118 e. The Bertz CT molecular complexity index is 720. The summed E-state index contributed by atoms with van der Waals surface area (Å²) in [7, 11) is 1.69. The number of nitrogens with one attached hydrogen (secondary N) is 1. The van der Waals surface area contributed by atoms with Crippen molar-refractivity contribution >= 4 is 0 Å². The van der Waals surface area contributed by atoms with Crippen LogP contribution in [0.4, 0.5) is 0 Å². The minimum absolute atomic E-state index is 0.229. The monoisotopic (exact) mass is 347 g/mol. The predicted molar refractivity (Wildman–Crippen MR) is 108 cm³/mol. The average Bonchev–Trinajstić information content (AvgIpc) is 2.72. The van der Waals surface area contributed by atoms with Gasteiger partial charge < -0.3 is 4.74 Å². The van der Waals surface area contributed by atoms with Crippen LogP contribution in [0.5, 0.6) is 5.75 Å². The van der Waals surface area contributed by atoms with E-state index in [2.05, 4.69) is 54.4 Å². The highest BCUT2D eigenvalue weighted by atomic mass is 16.5. The van der Waals surface area contributed by atoms with Crippen molar-refractivity contribution in [1.29, 1.82) is 0 Å². The molecule has 2 aromatic rings. The highest BCUT2D eigenvalue weighted by molar-refractivity contribution is 5.39. The van der Waals surface area contributed by atoms with Gasteiger partial charge in [0.25, 0.3) is 0 Å². The van der Waals surface area contributed by atoms with Crippen LogP contribution in [0.15, 0.2) is 54.6 Å². The molecule has 136 valence electrons. The van der Waals surface area contributed by atoms with Crippen LogP contribution >= 0.6 is 0 Å². The van der Waals surface area contributed by atoms with Crippen molar-refractivity contribution in [3.05, 3.63) is 65.7 Å². The molecule has 2 atom stereocenters. The Hall–Kier alpha value is -2.24. The first-order chi connectivity index (χ1) is 12.8. The lowest BCUT2D eigenvalue weighted by atomic mass is 9.83. The SMILES string of the molecule is COc1ccc(C#CC(N[C@@H](C)c2ccccc2)C2CCCCC2)cc1. The summed E-state index contributed by atoms with van der Waals surface area (Å²) in [6, 6.07) is 19.2. The first kappa shape index (κ1) is 18.5. The van der Waals surface area contributed by atoms with Crippen molar-refractivity contribution in [3.8, 4) is 17.6 Å². The minimum atomic E-state index is 0.229. The quantitative estimate of drug-likeness (QED) is 0.737. The standard InChI is InChI=1S/C24H29NO/c1-19(21-9-5-3-6-10-21)25-24(22-11-7-4-8-12-22)18-15-20-13-16-23(26-2)17-14-20/h3,5-6,9-10,13-14,16-17,19,22,24-25H,4,7-8,11-12H2,1-2H3/t19-,24?/m0/s1. The number of hydrogen-bond acceptors (Lipinski definition) is 2. The molecule has 1 fully saturated rings. The summed E-state index contributed by atoms with van der Waals surface area (Å²) in [6.07, 6.45) is 6.57. The zero-order chi connectivity index (χ0) is 18.2. The maximum atomic E-state index is 5.23. The topological polar surface area (TPSA) is 21.3 Å². The smallest absolute Gasteiger partial charge is 0.118 e. The molecule has 1 N–H and O–H groups in total. The molecule has 1 saturated carbocycles. The lowest BCUT2D eigenvalue weighted by Gasteiger charge is -2.30. The third-order valence-electron chi connectivity index (χ3n) is 5.31. The van der Waals surface area contributed by atoms with E-state index >= 15 is 0 Å². The summed E-state index contributed by atoms with van der Waals surface area (Å²) < 4.78 is 5.23. The average molecular weight is 348 g/mol. The second-order valence-corrected chi connectivity index (χ2v) is 7.17. The third-order valence-corrected chi connectivity index (χ3v) is 5.31. The predicted octanol–water partition coefficient (Wildman–Crippen LogP) is 5.35. The van der Waals surface area contributed by atoms with E-state index in [4.69, 9.17) is 4.74 Å². The molecule has 0 saturated heterocycles. The van der Waals surface area contributed by atoms with E-state index in [0.29, 0.717) is 12.0 Å². The molecule has 2 nitrogen and oxygen atoms in total. The van der Waals surface area contributed by atoms with Crippen LogP contribution in [0.3, 0.4) is 0 Å². The summed E-state index contributed by atoms with van der Waals surface area (Å²) in [5.41, 5.74) is 2.36. The van der Waals surface area contributed by atoms with Crippen molar-refractivity contribution in [1.82, 2.24) is 5.32 Å². The number of ether oxygens (including phenoxy) is 1. The van der Waals surface area contributed by atoms with Crippen molar-refractivity contribution in [2.45, 2.75) is 51.1 Å². The lowest BCUT2D eigenvalue weighted by molar-refractivity contribution is 0.293. The Morgan fingerprint density at radius 3 is 2.31 bits per heavy atom. The van der Waals surface area contributed by atoms with E-state index < -0.39 is 0 Å². The van der Waals surface area contributed by atoms with Gasteiger partial charge in [-0.1, -0.05) is 61.4 Å². The van der Waals surface area contributed by atoms with Gasteiger partial charge >= 0.3 is 0 Å². The Labute approximate surface area is 158 Å². The normalized spacial score (nSPS) is 17.0. The second-order valence-electron chi connectivity index (χ2n) is 7.17. The number of hydrogen-bond donors (Lipinski definition) is 1. The highest BCUT2D eigenvalue weighted by Gasteiger charge is 2.23. The van der Waals surface area contributed by atoms with Crippen LogP contribution < -0.4 is 10.1 Å². The molecule has 3 rings (SSSR count). The Morgan fingerprint density at radius 2 is 1.65 bits per heavy atom. The van der Waals surface area contributed by atoms with Gasteiger partial charge in [-0.2, -0.15) is 0 Å². The molecule has 1 unspecified atom stereocenters. The molecular formula is C24H29NO. The van der Waals surface area contributed by atoms with Crippen LogP contribution in [0.25, 0.3) is 0 Å². The van der Waals surface area contributed by atoms with Gasteiger partial charge in [0.05, 0.1) is 13.2 Å². The molecule has 0 bridgehead atoms. The molecule has 0 spiro atoms. The molecule has 0 amide bonds. The zero-order valence-corrected chi connectivity index (χ0v) is 15.9. The largest absolute Gasteiger partial charge is 0.497 e. The summed E-state index contributed by atoms with van der Waals surface area (Å²) in [4.78, 5) is 0. The van der Waals surface area contributed by atoms with E-state index in [1.54, 1.807) is 7.11 Å². The zero-order valence-electron chi connectivity index (χ0n) is 15.9. The van der Waals surface area contributed by atoms with Gasteiger partial charge in [0.2, 0.25) is 0 Å². The van der Waals surface area contributed by atoms with Crippen molar-refractivity contribution in [2.75, 3.05) is 7.11 Å². The highest BCUT2D eigenvalue weighted by Crippen LogP contribution is 2.28. The van der Waals surface area contributed by atoms with Crippen molar-refractivity contribution in [2.24, 2.45) is 5.92 Å². The number of rotatable bonds is 5. The van der Waals surface area contributed by atoms with E-state index in [0.717, 1.165) is 11.3 Å². The van der Waals surface area contributed by atoms with Crippen LogP contribution in [-0.2, 0) is 0 Å². The van der Waals surface area contributed by atoms with Gasteiger partial charge in [0.1, 0.15) is 5.75 Å². The Balaban J connectivity index is 1.75. The van der Waals surface area contributed by atoms with Crippen LogP contribution in [0, 0.1) is 17.8 Å². The third kappa shape index (κ3) is 5.13. The van der Waals surface area contributed by atoms with E-state index in [9.17, 15) is 0 Å². The molecule has 0 heterocycles. The second kappa shape index (κ2) is 9.46. The summed E-state index contributed by atoms with van der Waals surface area (Å²) in [5, 5.41) is 3.80.